The molecular weight excluding hydrogens is 574 g/mol. The van der Waals surface area contributed by atoms with E-state index in [1.165, 1.54) is 109 Å². The van der Waals surface area contributed by atoms with Crippen molar-refractivity contribution in [2.45, 2.75) is 206 Å². The van der Waals surface area contributed by atoms with Crippen LogP contribution in [0.1, 0.15) is 200 Å². The minimum absolute atomic E-state index is 0.0907. The zero-order valence-corrected chi connectivity index (χ0v) is 30.2. The molecule has 0 saturated heterocycles. The summed E-state index contributed by atoms with van der Waals surface area (Å²) in [5.41, 5.74) is 0. The van der Waals surface area contributed by atoms with Crippen LogP contribution in [0.25, 0.3) is 0 Å². The van der Waals surface area contributed by atoms with Crippen molar-refractivity contribution in [3.05, 3.63) is 24.3 Å². The summed E-state index contributed by atoms with van der Waals surface area (Å²) in [6, 6.07) is 0. The molecule has 2 N–H and O–H groups in total. The van der Waals surface area contributed by atoms with Crippen molar-refractivity contribution in [1.82, 2.24) is 5.32 Å². The Morgan fingerprint density at radius 2 is 1.02 bits per heavy atom. The Kier molecular flexibility index (Phi) is 34.1. The van der Waals surface area contributed by atoms with Gasteiger partial charge in [-0.05, 0) is 63.9 Å². The molecule has 6 nitrogen and oxygen atoms in total. The summed E-state index contributed by atoms with van der Waals surface area (Å²) in [5, 5.41) is 11.0. The minimum atomic E-state index is -1.03. The molecule has 1 amide bonds. The lowest BCUT2D eigenvalue weighted by Crippen LogP contribution is -2.28. The molecule has 0 bridgehead atoms. The van der Waals surface area contributed by atoms with Gasteiger partial charge in [-0.1, -0.05) is 148 Å². The molecule has 0 aromatic carbocycles. The molecule has 0 aliphatic heterocycles. The van der Waals surface area contributed by atoms with Gasteiger partial charge in [-0.25, -0.2) is 0 Å². The van der Waals surface area contributed by atoms with Crippen LogP contribution in [-0.4, -0.2) is 35.6 Å². The summed E-state index contributed by atoms with van der Waals surface area (Å²) in [6.45, 7) is 4.13. The lowest BCUT2D eigenvalue weighted by molar-refractivity contribution is -0.147. The number of amides is 1. The van der Waals surface area contributed by atoms with Crippen molar-refractivity contribution >= 4 is 17.8 Å². The fourth-order valence-corrected chi connectivity index (χ4v) is 5.64. The monoisotopic (exact) mass is 648 g/mol. The molecule has 268 valence electrons. The third-order valence-corrected chi connectivity index (χ3v) is 8.58. The Labute approximate surface area is 284 Å². The summed E-state index contributed by atoms with van der Waals surface area (Å²) in [6.07, 6.45) is 42.0. The van der Waals surface area contributed by atoms with Crippen LogP contribution < -0.4 is 5.32 Å². The van der Waals surface area contributed by atoms with Gasteiger partial charge in [0, 0.05) is 12.8 Å². The van der Waals surface area contributed by atoms with Crippen LogP contribution in [0.3, 0.4) is 0 Å². The molecule has 0 aliphatic carbocycles. The van der Waals surface area contributed by atoms with Crippen molar-refractivity contribution in [2.75, 3.05) is 6.54 Å². The van der Waals surface area contributed by atoms with Crippen LogP contribution in [0, 0.1) is 0 Å². The smallest absolute Gasteiger partial charge is 0.322 e. The number of hydrogen-bond donors (Lipinski definition) is 2. The first kappa shape index (κ1) is 43.9. The molecular formula is C40H73NO5. The van der Waals surface area contributed by atoms with Crippen molar-refractivity contribution in [2.24, 2.45) is 0 Å². The highest BCUT2D eigenvalue weighted by Gasteiger charge is 2.12. The largest absolute Gasteiger partial charge is 0.480 e. The first-order valence-corrected chi connectivity index (χ1v) is 19.5. The molecule has 0 aromatic heterocycles. The minimum Gasteiger partial charge on any atom is -0.480 e. The van der Waals surface area contributed by atoms with Crippen molar-refractivity contribution < 1.29 is 24.2 Å². The van der Waals surface area contributed by atoms with Gasteiger partial charge in [0.25, 0.3) is 0 Å². The Balaban J connectivity index is 3.78. The predicted molar refractivity (Wildman–Crippen MR) is 194 cm³/mol. The van der Waals surface area contributed by atoms with Gasteiger partial charge >= 0.3 is 11.9 Å². The maximum absolute atomic E-state index is 12.5. The van der Waals surface area contributed by atoms with E-state index in [9.17, 15) is 14.4 Å². The highest BCUT2D eigenvalue weighted by atomic mass is 16.5. The number of rotatable bonds is 35. The Morgan fingerprint density at radius 1 is 0.565 bits per heavy atom. The number of nitrogens with one attached hydrogen (secondary N) is 1. The van der Waals surface area contributed by atoms with Gasteiger partial charge in [0.05, 0.1) is 0 Å². The van der Waals surface area contributed by atoms with E-state index in [1.807, 2.05) is 0 Å². The van der Waals surface area contributed by atoms with Crippen molar-refractivity contribution in [1.29, 1.82) is 0 Å². The van der Waals surface area contributed by atoms with E-state index >= 15 is 0 Å². The number of carbonyl (C=O) groups is 3. The number of carboxylic acid groups (broad SMARTS) is 1. The number of aliphatic carboxylic acids is 1. The van der Waals surface area contributed by atoms with E-state index in [2.05, 4.69) is 43.5 Å². The predicted octanol–water partition coefficient (Wildman–Crippen LogP) is 11.6. The Hall–Kier alpha value is -2.11. The summed E-state index contributed by atoms with van der Waals surface area (Å²) in [5.74, 6) is -1.33. The van der Waals surface area contributed by atoms with E-state index in [0.29, 0.717) is 12.8 Å². The van der Waals surface area contributed by atoms with Crippen LogP contribution in [0.2, 0.25) is 0 Å². The van der Waals surface area contributed by atoms with Gasteiger partial charge in [0.15, 0.2) is 0 Å². The third kappa shape index (κ3) is 34.8. The summed E-state index contributed by atoms with van der Waals surface area (Å²) < 4.78 is 5.82. The number of allylic oxidation sites excluding steroid dienone is 3. The van der Waals surface area contributed by atoms with Gasteiger partial charge < -0.3 is 15.2 Å². The van der Waals surface area contributed by atoms with E-state index in [0.717, 1.165) is 64.2 Å². The second kappa shape index (κ2) is 35.7. The van der Waals surface area contributed by atoms with E-state index in [-0.39, 0.29) is 24.5 Å². The number of unbranched alkanes of at least 4 members (excludes halogenated alkanes) is 22. The number of carboxylic acids is 1. The van der Waals surface area contributed by atoms with E-state index < -0.39 is 5.97 Å². The molecule has 0 aromatic rings. The van der Waals surface area contributed by atoms with Crippen LogP contribution >= 0.6 is 0 Å². The molecule has 1 unspecified atom stereocenters. The summed E-state index contributed by atoms with van der Waals surface area (Å²) >= 11 is 0. The molecule has 1 atom stereocenters. The van der Waals surface area contributed by atoms with Gasteiger partial charge in [-0.15, -0.1) is 0 Å². The molecule has 0 saturated carbocycles. The van der Waals surface area contributed by atoms with E-state index in [1.54, 1.807) is 0 Å². The third-order valence-electron chi connectivity index (χ3n) is 8.58. The molecule has 46 heavy (non-hydrogen) atoms. The zero-order chi connectivity index (χ0) is 33.8. The summed E-state index contributed by atoms with van der Waals surface area (Å²) in [7, 11) is 0. The average Bonchev–Trinajstić information content (AvgIpc) is 3.04. The Bertz CT molecular complexity index is 763. The molecule has 0 rings (SSSR count). The Morgan fingerprint density at radius 3 is 1.57 bits per heavy atom. The topological polar surface area (TPSA) is 92.7 Å². The van der Waals surface area contributed by atoms with Crippen molar-refractivity contribution in [3.63, 3.8) is 0 Å². The second-order valence-electron chi connectivity index (χ2n) is 13.2. The maximum atomic E-state index is 12.5. The van der Waals surface area contributed by atoms with Crippen LogP contribution in [0.15, 0.2) is 24.3 Å². The SMILES string of the molecule is CCCC/C=C\C(CCCCCCC(=O)NCC(=O)O)OC(=O)CCCCCCCCCCC/C=C\CCCCCCCCCC. The van der Waals surface area contributed by atoms with Crippen LogP contribution in [0.4, 0.5) is 0 Å². The first-order valence-electron chi connectivity index (χ1n) is 19.5. The van der Waals surface area contributed by atoms with Crippen molar-refractivity contribution in [3.8, 4) is 0 Å². The maximum Gasteiger partial charge on any atom is 0.322 e. The quantitative estimate of drug-likeness (QED) is 0.0405. The molecule has 6 heteroatoms. The summed E-state index contributed by atoms with van der Waals surface area (Å²) in [4.78, 5) is 34.7. The molecule has 0 radical (unpaired) electrons. The standard InChI is InChI=1S/C40H73NO5/c1-3-5-7-9-10-11-12-13-14-15-16-17-18-19-20-21-22-23-24-25-31-35-40(45)46-37(32-28-8-6-4-2)33-29-26-27-30-34-38(42)41-36-39(43)44/h15-16,28,32,37H,3-14,17-27,29-31,33-36H2,1-2H3,(H,41,42)(H,43,44)/b16-15-,32-28-. The number of hydrogen-bond acceptors (Lipinski definition) is 4. The fraction of sp³-hybridized carbons (Fsp3) is 0.825. The first-order chi connectivity index (χ1) is 22.5. The van der Waals surface area contributed by atoms with E-state index in [4.69, 9.17) is 9.84 Å². The number of carbonyl (C=O) groups excluding carboxylic acids is 2. The van der Waals surface area contributed by atoms with Crippen LogP contribution in [-0.2, 0) is 19.1 Å². The van der Waals surface area contributed by atoms with Gasteiger partial charge in [0.2, 0.25) is 5.91 Å². The lowest BCUT2D eigenvalue weighted by atomic mass is 10.0. The highest BCUT2D eigenvalue weighted by molar-refractivity contribution is 5.80. The average molecular weight is 648 g/mol. The molecule has 0 aliphatic rings. The second-order valence-corrected chi connectivity index (χ2v) is 13.2. The number of esters is 1. The highest BCUT2D eigenvalue weighted by Crippen LogP contribution is 2.15. The van der Waals surface area contributed by atoms with Gasteiger partial charge in [-0.2, -0.15) is 0 Å². The van der Waals surface area contributed by atoms with Gasteiger partial charge in [0.1, 0.15) is 12.6 Å². The van der Waals surface area contributed by atoms with Crippen LogP contribution in [0.5, 0.6) is 0 Å². The fourth-order valence-electron chi connectivity index (χ4n) is 5.64. The molecule has 0 heterocycles. The van der Waals surface area contributed by atoms with Gasteiger partial charge in [-0.3, -0.25) is 14.4 Å². The normalized spacial score (nSPS) is 12.2. The lowest BCUT2D eigenvalue weighted by Gasteiger charge is -2.15. The zero-order valence-electron chi connectivity index (χ0n) is 30.2. The molecule has 0 fully saturated rings. The molecule has 0 spiro atoms. The number of ether oxygens (including phenoxy) is 1.